The lowest BCUT2D eigenvalue weighted by atomic mass is 10.0. The van der Waals surface area contributed by atoms with E-state index in [-0.39, 0.29) is 46.8 Å². The molecule has 2 aliphatic heterocycles. The third kappa shape index (κ3) is 4.85. The highest BCUT2D eigenvalue weighted by molar-refractivity contribution is 8.00. The number of aromatic carboxylic acids is 1. The molecule has 2 aliphatic rings. The Labute approximate surface area is 211 Å². The fourth-order valence-electron chi connectivity index (χ4n) is 3.58. The molecular weight excluding hydrogens is 514 g/mol. The number of carbonyl (C=O) groups is 4. The van der Waals surface area contributed by atoms with Crippen LogP contribution in [-0.2, 0) is 25.8 Å². The first-order valence-electron chi connectivity index (χ1n) is 10.4. The number of aromatic nitrogens is 3. The number of thioether (sulfide) groups is 1. The summed E-state index contributed by atoms with van der Waals surface area (Å²) in [5.41, 5.74) is 5.73. The van der Waals surface area contributed by atoms with Gasteiger partial charge in [-0.2, -0.15) is 9.36 Å². The molecule has 2 aromatic heterocycles. The van der Waals surface area contributed by atoms with E-state index in [1.807, 2.05) is 0 Å². The van der Waals surface area contributed by atoms with E-state index in [2.05, 4.69) is 19.8 Å². The number of nitrogens with zero attached hydrogens (tertiary/aromatic N) is 5. The van der Waals surface area contributed by atoms with Crippen molar-refractivity contribution in [2.75, 3.05) is 18.1 Å². The van der Waals surface area contributed by atoms with Crippen LogP contribution in [0, 0.1) is 0 Å². The maximum atomic E-state index is 12.9. The second kappa shape index (κ2) is 10.3. The molecule has 0 bridgehead atoms. The molecule has 2 atom stereocenters. The Morgan fingerprint density at radius 3 is 2.61 bits per heavy atom. The Morgan fingerprint density at radius 2 is 2.03 bits per heavy atom. The normalized spacial score (nSPS) is 19.4. The van der Waals surface area contributed by atoms with Crippen LogP contribution in [0.4, 0.5) is 5.13 Å². The molecule has 0 radical (unpaired) electrons. The van der Waals surface area contributed by atoms with Crippen molar-refractivity contribution in [1.29, 1.82) is 0 Å². The number of oxime groups is 1. The molecule has 188 valence electrons. The van der Waals surface area contributed by atoms with Gasteiger partial charge in [0.15, 0.2) is 24.1 Å². The summed E-state index contributed by atoms with van der Waals surface area (Å²) in [4.78, 5) is 59.0. The van der Waals surface area contributed by atoms with Crippen LogP contribution in [0.3, 0.4) is 0 Å². The molecule has 2 amide bonds. The van der Waals surface area contributed by atoms with Gasteiger partial charge in [0, 0.05) is 35.0 Å². The number of nitrogen functional groups attached to an aromatic ring is 1. The molecule has 0 spiro atoms. The zero-order valence-corrected chi connectivity index (χ0v) is 20.3. The van der Waals surface area contributed by atoms with Gasteiger partial charge < -0.3 is 26.1 Å². The average Bonchev–Trinajstić information content (AvgIpc) is 3.28. The van der Waals surface area contributed by atoms with Crippen molar-refractivity contribution in [2.45, 2.75) is 24.9 Å². The van der Waals surface area contributed by atoms with Crippen LogP contribution in [-0.4, -0.2) is 77.7 Å². The molecule has 1 saturated heterocycles. The van der Waals surface area contributed by atoms with Gasteiger partial charge in [-0.25, -0.2) is 14.2 Å². The summed E-state index contributed by atoms with van der Waals surface area (Å²) in [5.74, 6) is -3.49. The zero-order chi connectivity index (χ0) is 26.0. The number of nitrogens with one attached hydrogen (secondary N) is 1. The quantitative estimate of drug-likeness (QED) is 0.137. The topological polar surface area (TPSA) is 201 Å². The number of hydrogen-bond donors (Lipinski definition) is 4. The Balaban J connectivity index is 1.52. The first-order chi connectivity index (χ1) is 17.2. The molecular formula is C20H20N7O7S2+. The maximum absolute atomic E-state index is 12.9. The Morgan fingerprint density at radius 1 is 1.31 bits per heavy atom. The second-order valence-electron chi connectivity index (χ2n) is 7.50. The van der Waals surface area contributed by atoms with E-state index in [0.29, 0.717) is 5.57 Å². The van der Waals surface area contributed by atoms with E-state index in [4.69, 9.17) is 15.7 Å². The first kappa shape index (κ1) is 25.1. The molecule has 1 unspecified atom stereocenters. The monoisotopic (exact) mass is 534 g/mol. The lowest BCUT2D eigenvalue weighted by Crippen LogP contribution is -2.71. The number of fused-ring (bicyclic) bond motifs is 1. The molecule has 5 N–H and O–H groups in total. The van der Waals surface area contributed by atoms with Gasteiger partial charge in [-0.05, 0) is 6.92 Å². The van der Waals surface area contributed by atoms with Gasteiger partial charge in [-0.15, -0.1) is 11.8 Å². The lowest BCUT2D eigenvalue weighted by Gasteiger charge is -2.49. The molecule has 14 nitrogen and oxygen atoms in total. The summed E-state index contributed by atoms with van der Waals surface area (Å²) in [5, 5.41) is 24.7. The van der Waals surface area contributed by atoms with E-state index in [1.165, 1.54) is 36.3 Å². The third-order valence-electron chi connectivity index (χ3n) is 5.20. The molecule has 0 aliphatic carbocycles. The van der Waals surface area contributed by atoms with Crippen molar-refractivity contribution in [3.63, 3.8) is 0 Å². The van der Waals surface area contributed by atoms with Gasteiger partial charge in [-0.3, -0.25) is 14.5 Å². The molecule has 16 heteroatoms. The fraction of sp³-hybridized carbons (Fsp3) is 0.300. The van der Waals surface area contributed by atoms with Crippen molar-refractivity contribution in [3.05, 3.63) is 47.2 Å². The number of aliphatic carboxylic acids is 1. The maximum Gasteiger partial charge on any atom is 0.352 e. The van der Waals surface area contributed by atoms with E-state index in [1.54, 1.807) is 11.5 Å². The number of β-lactam (4-membered cyclic amide) rings is 1. The van der Waals surface area contributed by atoms with Crippen LogP contribution < -0.4 is 15.6 Å². The summed E-state index contributed by atoms with van der Waals surface area (Å²) in [6.07, 6.45) is 3.04. The van der Waals surface area contributed by atoms with Gasteiger partial charge in [-0.1, -0.05) is 5.16 Å². The number of carboxylic acids is 2. The van der Waals surface area contributed by atoms with Gasteiger partial charge >= 0.3 is 11.9 Å². The highest BCUT2D eigenvalue weighted by Gasteiger charge is 2.54. The Kier molecular flexibility index (Phi) is 7.16. The van der Waals surface area contributed by atoms with Crippen molar-refractivity contribution < 1.29 is 38.8 Å². The standard InChI is InChI=1S/C20H19N7O7S2/c1-2-34-24-11(14-23-20(21)36-25-14)15(28)22-12-16(29)27-13(19(32)33)10(8-35-17(12)27)7-26-5-3-9(4-6-26)18(30)31/h3-6,12,17H,2,7-8H2,1H3,(H4-,21,22,23,25,28,30,31,32,33)/p+1/b24-11-/t12?,17-/m1/s1. The molecule has 4 heterocycles. The number of pyridine rings is 1. The SMILES string of the molecule is CCO/N=C(\C(=O)NC1C(=O)N2C(C(=O)O)=C(C[n+]3ccc(C(=O)O)cc3)CS[C@H]12)c1nsc(N)n1. The number of rotatable bonds is 9. The summed E-state index contributed by atoms with van der Waals surface area (Å²) < 4.78 is 5.58. The van der Waals surface area contributed by atoms with E-state index >= 15 is 0 Å². The van der Waals surface area contributed by atoms with Crippen LogP contribution in [0.1, 0.15) is 23.1 Å². The minimum atomic E-state index is -1.28. The number of hydrogen-bond acceptors (Lipinski definition) is 11. The van der Waals surface area contributed by atoms with E-state index in [0.717, 1.165) is 16.4 Å². The number of carbonyl (C=O) groups excluding carboxylic acids is 2. The van der Waals surface area contributed by atoms with Crippen molar-refractivity contribution in [2.24, 2.45) is 5.16 Å². The number of amides is 2. The molecule has 0 saturated carbocycles. The number of carboxylic acid groups (broad SMARTS) is 2. The fourth-order valence-corrected chi connectivity index (χ4v) is 5.35. The second-order valence-corrected chi connectivity index (χ2v) is 9.38. The highest BCUT2D eigenvalue weighted by Crippen LogP contribution is 2.40. The third-order valence-corrected chi connectivity index (χ3v) is 7.08. The Hall–Kier alpha value is -4.05. The molecule has 1 fully saturated rings. The largest absolute Gasteiger partial charge is 0.478 e. The lowest BCUT2D eigenvalue weighted by molar-refractivity contribution is -0.689. The molecule has 0 aromatic carbocycles. The molecule has 2 aromatic rings. The zero-order valence-electron chi connectivity index (χ0n) is 18.7. The minimum Gasteiger partial charge on any atom is -0.478 e. The summed E-state index contributed by atoms with van der Waals surface area (Å²) >= 11 is 2.16. The van der Waals surface area contributed by atoms with E-state index in [9.17, 15) is 24.3 Å². The minimum absolute atomic E-state index is 0.0530. The van der Waals surface area contributed by atoms with Crippen LogP contribution in [0.25, 0.3) is 0 Å². The van der Waals surface area contributed by atoms with Crippen LogP contribution in [0.2, 0.25) is 0 Å². The number of nitrogens with two attached hydrogens (primary N) is 1. The van der Waals surface area contributed by atoms with Gasteiger partial charge in [0.05, 0.1) is 5.56 Å². The van der Waals surface area contributed by atoms with Crippen LogP contribution in [0.5, 0.6) is 0 Å². The molecule has 36 heavy (non-hydrogen) atoms. The van der Waals surface area contributed by atoms with Crippen molar-refractivity contribution >= 4 is 57.9 Å². The van der Waals surface area contributed by atoms with Crippen molar-refractivity contribution in [1.82, 2.24) is 19.6 Å². The summed E-state index contributed by atoms with van der Waals surface area (Å²) in [7, 11) is 0. The van der Waals surface area contributed by atoms with E-state index < -0.39 is 35.2 Å². The summed E-state index contributed by atoms with van der Waals surface area (Å²) in [6.45, 7) is 1.99. The van der Waals surface area contributed by atoms with Gasteiger partial charge in [0.25, 0.3) is 11.8 Å². The predicted octanol–water partition coefficient (Wildman–Crippen LogP) is -0.715. The van der Waals surface area contributed by atoms with Gasteiger partial charge in [0.2, 0.25) is 11.5 Å². The van der Waals surface area contributed by atoms with Crippen LogP contribution >= 0.6 is 23.3 Å². The first-order valence-corrected chi connectivity index (χ1v) is 12.3. The summed E-state index contributed by atoms with van der Waals surface area (Å²) in [6, 6.07) is 1.80. The number of anilines is 1. The average molecular weight is 535 g/mol. The Bertz CT molecular complexity index is 1290. The van der Waals surface area contributed by atoms with Crippen molar-refractivity contribution in [3.8, 4) is 0 Å². The van der Waals surface area contributed by atoms with Gasteiger partial charge in [0.1, 0.15) is 23.7 Å². The molecule has 4 rings (SSSR count). The smallest absolute Gasteiger partial charge is 0.352 e. The van der Waals surface area contributed by atoms with Crippen LogP contribution in [0.15, 0.2) is 41.0 Å². The highest BCUT2D eigenvalue weighted by atomic mass is 32.2. The predicted molar refractivity (Wildman–Crippen MR) is 126 cm³/mol.